The normalized spacial score (nSPS) is 10.7. The second kappa shape index (κ2) is 8.83. The topological polar surface area (TPSA) is 47.6 Å². The molecule has 0 fully saturated rings. The van der Waals surface area contributed by atoms with E-state index < -0.39 is 23.2 Å². The summed E-state index contributed by atoms with van der Waals surface area (Å²) in [5, 5.41) is 4.43. The monoisotopic (exact) mass is 419 g/mol. The van der Waals surface area contributed by atoms with Crippen LogP contribution in [0, 0.1) is 11.6 Å². The van der Waals surface area contributed by atoms with Crippen LogP contribution in [-0.4, -0.2) is 13.0 Å². The van der Waals surface area contributed by atoms with Crippen LogP contribution in [0.15, 0.2) is 78.9 Å². The number of ether oxygens (including phenoxy) is 2. The molecule has 0 unspecified atom stereocenters. The minimum Gasteiger partial charge on any atom is -0.496 e. The number of rotatable bonds is 6. The second-order valence-electron chi connectivity index (χ2n) is 6.88. The SMILES string of the molecule is COc1ccc(C(=O)Nc2c(F)cccc2F)cc1COc1ccc2ccccc2c1. The van der Waals surface area contributed by atoms with E-state index in [9.17, 15) is 13.6 Å². The third-order valence-corrected chi connectivity index (χ3v) is 4.86. The zero-order valence-corrected chi connectivity index (χ0v) is 16.7. The van der Waals surface area contributed by atoms with Gasteiger partial charge in [0.2, 0.25) is 0 Å². The van der Waals surface area contributed by atoms with E-state index in [1.165, 1.54) is 19.2 Å². The van der Waals surface area contributed by atoms with Crippen molar-refractivity contribution in [1.29, 1.82) is 0 Å². The van der Waals surface area contributed by atoms with E-state index in [1.54, 1.807) is 12.1 Å². The van der Waals surface area contributed by atoms with Gasteiger partial charge >= 0.3 is 0 Å². The van der Waals surface area contributed by atoms with Crippen molar-refractivity contribution >= 4 is 22.4 Å². The van der Waals surface area contributed by atoms with Crippen LogP contribution < -0.4 is 14.8 Å². The largest absolute Gasteiger partial charge is 0.496 e. The maximum absolute atomic E-state index is 13.8. The molecule has 0 aromatic heterocycles. The molecule has 0 radical (unpaired) electrons. The van der Waals surface area contributed by atoms with E-state index in [4.69, 9.17) is 9.47 Å². The minimum absolute atomic E-state index is 0.149. The fraction of sp³-hybridized carbons (Fsp3) is 0.0800. The smallest absolute Gasteiger partial charge is 0.255 e. The van der Waals surface area contributed by atoms with E-state index in [1.807, 2.05) is 42.5 Å². The number of benzene rings is 4. The number of anilines is 1. The summed E-state index contributed by atoms with van der Waals surface area (Å²) in [4.78, 5) is 12.6. The van der Waals surface area contributed by atoms with Gasteiger partial charge in [0.25, 0.3) is 5.91 Å². The predicted octanol–water partition coefficient (Wildman–Crippen LogP) is 5.96. The van der Waals surface area contributed by atoms with Gasteiger partial charge in [0.1, 0.15) is 35.4 Å². The van der Waals surface area contributed by atoms with E-state index in [0.717, 1.165) is 22.9 Å². The summed E-state index contributed by atoms with van der Waals surface area (Å²) < 4.78 is 39.0. The first kappa shape index (κ1) is 20.3. The lowest BCUT2D eigenvalue weighted by Crippen LogP contribution is -2.15. The molecule has 0 saturated carbocycles. The van der Waals surface area contributed by atoms with Crippen molar-refractivity contribution in [3.63, 3.8) is 0 Å². The molecule has 1 N–H and O–H groups in total. The van der Waals surface area contributed by atoms with E-state index in [-0.39, 0.29) is 12.2 Å². The third-order valence-electron chi connectivity index (χ3n) is 4.86. The van der Waals surface area contributed by atoms with Crippen molar-refractivity contribution in [2.75, 3.05) is 12.4 Å². The maximum Gasteiger partial charge on any atom is 0.255 e. The molecule has 0 saturated heterocycles. The molecule has 4 aromatic carbocycles. The molecule has 4 rings (SSSR count). The van der Waals surface area contributed by atoms with Crippen molar-refractivity contribution in [3.05, 3.63) is 102 Å². The third kappa shape index (κ3) is 4.48. The molecule has 4 aromatic rings. The van der Waals surface area contributed by atoms with Crippen LogP contribution in [0.25, 0.3) is 10.8 Å². The van der Waals surface area contributed by atoms with Gasteiger partial charge < -0.3 is 14.8 Å². The molecule has 0 aliphatic rings. The van der Waals surface area contributed by atoms with Crippen molar-refractivity contribution < 1.29 is 23.0 Å². The number of hydrogen-bond acceptors (Lipinski definition) is 3. The van der Waals surface area contributed by atoms with Gasteiger partial charge in [-0.25, -0.2) is 8.78 Å². The summed E-state index contributed by atoms with van der Waals surface area (Å²) in [6.45, 7) is 0.149. The molecule has 0 aliphatic carbocycles. The average Bonchev–Trinajstić information content (AvgIpc) is 2.79. The Morgan fingerprint density at radius 1 is 0.871 bits per heavy atom. The Morgan fingerprint density at radius 2 is 1.61 bits per heavy atom. The molecule has 156 valence electrons. The van der Waals surface area contributed by atoms with Gasteiger partial charge in [-0.2, -0.15) is 0 Å². The highest BCUT2D eigenvalue weighted by Crippen LogP contribution is 2.26. The Morgan fingerprint density at radius 3 is 2.35 bits per heavy atom. The van der Waals surface area contributed by atoms with Crippen molar-refractivity contribution in [2.24, 2.45) is 0 Å². The summed E-state index contributed by atoms with van der Waals surface area (Å²) in [5.41, 5.74) is 0.357. The summed E-state index contributed by atoms with van der Waals surface area (Å²) in [6, 6.07) is 21.8. The molecule has 31 heavy (non-hydrogen) atoms. The van der Waals surface area contributed by atoms with Gasteiger partial charge in [0.15, 0.2) is 0 Å². The summed E-state index contributed by atoms with van der Waals surface area (Å²) in [6.07, 6.45) is 0. The fourth-order valence-corrected chi connectivity index (χ4v) is 3.25. The summed E-state index contributed by atoms with van der Waals surface area (Å²) in [5.74, 6) is -1.12. The summed E-state index contributed by atoms with van der Waals surface area (Å²) >= 11 is 0. The quantitative estimate of drug-likeness (QED) is 0.420. The molecule has 0 bridgehead atoms. The lowest BCUT2D eigenvalue weighted by molar-refractivity contribution is 0.102. The van der Waals surface area contributed by atoms with Crippen LogP contribution >= 0.6 is 0 Å². The van der Waals surface area contributed by atoms with Gasteiger partial charge in [-0.1, -0.05) is 36.4 Å². The summed E-state index contributed by atoms with van der Waals surface area (Å²) in [7, 11) is 1.52. The standard InChI is InChI=1S/C25H19F2NO3/c1-30-23-12-10-18(25(29)28-24-21(26)7-4-8-22(24)27)13-19(23)15-31-20-11-9-16-5-2-3-6-17(16)14-20/h2-14H,15H2,1H3,(H,28,29). The lowest BCUT2D eigenvalue weighted by Gasteiger charge is -2.13. The minimum atomic E-state index is -0.846. The van der Waals surface area contributed by atoms with Crippen LogP contribution in [-0.2, 0) is 6.61 Å². The number of fused-ring (bicyclic) bond motifs is 1. The molecule has 6 heteroatoms. The van der Waals surface area contributed by atoms with Gasteiger partial charge in [0, 0.05) is 11.1 Å². The van der Waals surface area contributed by atoms with Crippen molar-refractivity contribution in [3.8, 4) is 11.5 Å². The highest BCUT2D eigenvalue weighted by Gasteiger charge is 2.15. The number of nitrogens with one attached hydrogen (secondary N) is 1. The van der Waals surface area contributed by atoms with Crippen LogP contribution in [0.5, 0.6) is 11.5 Å². The maximum atomic E-state index is 13.8. The van der Waals surface area contributed by atoms with Gasteiger partial charge in [-0.3, -0.25) is 4.79 Å². The van der Waals surface area contributed by atoms with Crippen molar-refractivity contribution in [1.82, 2.24) is 0 Å². The number of halogens is 2. The Hall–Kier alpha value is -3.93. The first-order valence-electron chi connectivity index (χ1n) is 9.59. The lowest BCUT2D eigenvalue weighted by atomic mass is 10.1. The molecule has 0 aliphatic heterocycles. The van der Waals surface area contributed by atoms with Gasteiger partial charge in [0.05, 0.1) is 7.11 Å². The van der Waals surface area contributed by atoms with E-state index >= 15 is 0 Å². The zero-order chi connectivity index (χ0) is 21.8. The van der Waals surface area contributed by atoms with Gasteiger partial charge in [-0.15, -0.1) is 0 Å². The van der Waals surface area contributed by atoms with E-state index in [0.29, 0.717) is 17.1 Å². The number of methoxy groups -OCH3 is 1. The molecule has 4 nitrogen and oxygen atoms in total. The fourth-order valence-electron chi connectivity index (χ4n) is 3.25. The Bertz CT molecular complexity index is 1240. The molecule has 0 heterocycles. The zero-order valence-electron chi connectivity index (χ0n) is 16.7. The van der Waals surface area contributed by atoms with Crippen LogP contribution in [0.1, 0.15) is 15.9 Å². The Kier molecular flexibility index (Phi) is 5.80. The van der Waals surface area contributed by atoms with Crippen LogP contribution in [0.2, 0.25) is 0 Å². The van der Waals surface area contributed by atoms with E-state index in [2.05, 4.69) is 5.32 Å². The van der Waals surface area contributed by atoms with Crippen molar-refractivity contribution in [2.45, 2.75) is 6.61 Å². The number of amides is 1. The molecular weight excluding hydrogens is 400 g/mol. The predicted molar refractivity (Wildman–Crippen MR) is 116 cm³/mol. The number of carbonyl (C=O) groups excluding carboxylic acids is 1. The number of hydrogen-bond donors (Lipinski definition) is 1. The highest BCUT2D eigenvalue weighted by atomic mass is 19.1. The first-order chi connectivity index (χ1) is 15.0. The molecule has 0 spiro atoms. The van der Waals surface area contributed by atoms with Crippen LogP contribution in [0.4, 0.5) is 14.5 Å². The van der Waals surface area contributed by atoms with Crippen LogP contribution in [0.3, 0.4) is 0 Å². The number of carbonyl (C=O) groups is 1. The average molecular weight is 419 g/mol. The Labute approximate surface area is 178 Å². The van der Waals surface area contributed by atoms with Gasteiger partial charge in [-0.05, 0) is 53.2 Å². The second-order valence-corrected chi connectivity index (χ2v) is 6.88. The first-order valence-corrected chi connectivity index (χ1v) is 9.59. The molecule has 0 atom stereocenters. The Balaban J connectivity index is 1.54. The number of para-hydroxylation sites is 1. The highest BCUT2D eigenvalue weighted by molar-refractivity contribution is 6.04. The molecule has 1 amide bonds. The molecular formula is C25H19F2NO3.